The van der Waals surface area contributed by atoms with Gasteiger partial charge in [-0.05, 0) is 24.6 Å². The lowest BCUT2D eigenvalue weighted by atomic mass is 10.2. The van der Waals surface area contributed by atoms with E-state index in [0.29, 0.717) is 31.9 Å². The van der Waals surface area contributed by atoms with Gasteiger partial charge in [-0.15, -0.1) is 0 Å². The zero-order valence-electron chi connectivity index (χ0n) is 13.6. The first-order valence-corrected chi connectivity index (χ1v) is 9.63. The Morgan fingerprint density at radius 1 is 1.04 bits per heavy atom. The van der Waals surface area contributed by atoms with E-state index in [-0.39, 0.29) is 11.7 Å². The molecule has 1 N–H and O–H groups in total. The van der Waals surface area contributed by atoms with Crippen LogP contribution in [-0.2, 0) is 10.0 Å². The van der Waals surface area contributed by atoms with E-state index in [1.54, 1.807) is 17.9 Å². The van der Waals surface area contributed by atoms with Crippen molar-refractivity contribution in [3.8, 4) is 11.3 Å². The number of aromatic amines is 1. The molecule has 24 heavy (non-hydrogen) atoms. The third-order valence-corrected chi connectivity index (χ3v) is 6.17. The van der Waals surface area contributed by atoms with Crippen LogP contribution in [0.2, 0.25) is 0 Å². The van der Waals surface area contributed by atoms with Crippen LogP contribution in [0.4, 0.5) is 0 Å². The number of nitrogens with one attached hydrogen (secondary N) is 1. The van der Waals surface area contributed by atoms with Gasteiger partial charge in [0.05, 0.1) is 5.75 Å². The van der Waals surface area contributed by atoms with Crippen LogP contribution in [0.25, 0.3) is 11.3 Å². The Morgan fingerprint density at radius 2 is 1.71 bits per heavy atom. The summed E-state index contributed by atoms with van der Waals surface area (Å²) in [5.74, 6) is 0.00333. The summed E-state index contributed by atoms with van der Waals surface area (Å²) in [5.41, 5.74) is 2.45. The van der Waals surface area contributed by atoms with Gasteiger partial charge in [0, 0.05) is 31.9 Å². The number of piperazine rings is 1. The minimum Gasteiger partial charge on any atom is -0.351 e. The summed E-state index contributed by atoms with van der Waals surface area (Å²) in [7, 11) is -3.18. The summed E-state index contributed by atoms with van der Waals surface area (Å²) < 4.78 is 25.2. The topological polar surface area (TPSA) is 73.5 Å². The number of aromatic nitrogens is 1. The van der Waals surface area contributed by atoms with E-state index >= 15 is 0 Å². The first-order valence-electron chi connectivity index (χ1n) is 8.03. The number of amides is 1. The monoisotopic (exact) mass is 347 g/mol. The van der Waals surface area contributed by atoms with Gasteiger partial charge < -0.3 is 9.88 Å². The van der Waals surface area contributed by atoms with Crippen LogP contribution in [0.15, 0.2) is 42.5 Å². The number of hydrogen-bond acceptors (Lipinski definition) is 3. The second kappa shape index (κ2) is 6.78. The average molecular weight is 347 g/mol. The molecule has 7 heteroatoms. The van der Waals surface area contributed by atoms with Gasteiger partial charge in [0.2, 0.25) is 10.0 Å². The highest BCUT2D eigenvalue weighted by atomic mass is 32.2. The molecule has 3 rings (SSSR count). The molecule has 1 amide bonds. The number of carbonyl (C=O) groups excluding carboxylic acids is 1. The first-order chi connectivity index (χ1) is 11.5. The second-order valence-corrected chi connectivity index (χ2v) is 8.00. The van der Waals surface area contributed by atoms with Crippen LogP contribution >= 0.6 is 0 Å². The maximum absolute atomic E-state index is 12.6. The van der Waals surface area contributed by atoms with Crippen molar-refractivity contribution in [2.75, 3.05) is 31.9 Å². The molecule has 1 aromatic heterocycles. The Labute approximate surface area is 142 Å². The number of benzene rings is 1. The van der Waals surface area contributed by atoms with Crippen molar-refractivity contribution >= 4 is 15.9 Å². The Hall–Kier alpha value is -2.12. The number of carbonyl (C=O) groups is 1. The predicted octanol–water partition coefficient (Wildman–Crippen LogP) is 1.79. The molecule has 1 fully saturated rings. The molecule has 0 bridgehead atoms. The fourth-order valence-electron chi connectivity index (χ4n) is 2.83. The zero-order valence-corrected chi connectivity index (χ0v) is 14.4. The molecular weight excluding hydrogens is 326 g/mol. The highest BCUT2D eigenvalue weighted by molar-refractivity contribution is 7.89. The summed E-state index contributed by atoms with van der Waals surface area (Å²) in [5, 5.41) is 0. The van der Waals surface area contributed by atoms with E-state index in [0.717, 1.165) is 11.3 Å². The van der Waals surface area contributed by atoms with E-state index < -0.39 is 10.0 Å². The minimum absolute atomic E-state index is 0.0919. The Balaban J connectivity index is 1.67. The zero-order chi connectivity index (χ0) is 17.2. The quantitative estimate of drug-likeness (QED) is 0.916. The fourth-order valence-corrected chi connectivity index (χ4v) is 3.91. The lowest BCUT2D eigenvalue weighted by Crippen LogP contribution is -2.50. The van der Waals surface area contributed by atoms with E-state index in [9.17, 15) is 13.2 Å². The lowest BCUT2D eigenvalue weighted by molar-refractivity contribution is 0.0693. The second-order valence-electron chi connectivity index (χ2n) is 5.74. The van der Waals surface area contributed by atoms with Crippen LogP contribution in [-0.4, -0.2) is 60.4 Å². The van der Waals surface area contributed by atoms with Crippen molar-refractivity contribution in [3.05, 3.63) is 48.2 Å². The summed E-state index contributed by atoms with van der Waals surface area (Å²) in [4.78, 5) is 17.4. The highest BCUT2D eigenvalue weighted by Crippen LogP contribution is 2.19. The van der Waals surface area contributed by atoms with Crippen LogP contribution in [0.3, 0.4) is 0 Å². The largest absolute Gasteiger partial charge is 0.351 e. The molecule has 0 spiro atoms. The number of sulfonamides is 1. The number of nitrogens with zero attached hydrogens (tertiary/aromatic N) is 2. The molecule has 1 saturated heterocycles. The van der Waals surface area contributed by atoms with Crippen molar-refractivity contribution < 1.29 is 13.2 Å². The van der Waals surface area contributed by atoms with Gasteiger partial charge in [-0.2, -0.15) is 4.31 Å². The van der Waals surface area contributed by atoms with E-state index in [1.165, 1.54) is 4.31 Å². The molecule has 1 aliphatic rings. The normalized spacial score (nSPS) is 16.3. The molecular formula is C17H21N3O3S. The molecule has 0 radical (unpaired) electrons. The third kappa shape index (κ3) is 3.37. The van der Waals surface area contributed by atoms with E-state index in [2.05, 4.69) is 4.98 Å². The first kappa shape index (κ1) is 16.7. The SMILES string of the molecule is CCS(=O)(=O)N1CCN(C(=O)c2ccc(-c3ccccc3)[nH]2)CC1. The van der Waals surface area contributed by atoms with Crippen LogP contribution in [0, 0.1) is 0 Å². The number of rotatable bonds is 4. The third-order valence-electron chi connectivity index (χ3n) is 4.29. The maximum Gasteiger partial charge on any atom is 0.270 e. The molecule has 1 aromatic carbocycles. The molecule has 128 valence electrons. The fraction of sp³-hybridized carbons (Fsp3) is 0.353. The van der Waals surface area contributed by atoms with Gasteiger partial charge in [-0.3, -0.25) is 4.79 Å². The number of hydrogen-bond donors (Lipinski definition) is 1. The van der Waals surface area contributed by atoms with E-state index in [1.807, 2.05) is 36.4 Å². The molecule has 0 aliphatic carbocycles. The summed E-state index contributed by atoms with van der Waals surface area (Å²) in [6.07, 6.45) is 0. The molecule has 2 aromatic rings. The van der Waals surface area contributed by atoms with Gasteiger partial charge in [0.1, 0.15) is 5.69 Å². The van der Waals surface area contributed by atoms with Gasteiger partial charge in [-0.1, -0.05) is 30.3 Å². The average Bonchev–Trinajstić information content (AvgIpc) is 3.12. The van der Waals surface area contributed by atoms with Crippen molar-refractivity contribution in [1.29, 1.82) is 0 Å². The van der Waals surface area contributed by atoms with Crippen LogP contribution < -0.4 is 0 Å². The molecule has 0 saturated carbocycles. The summed E-state index contributed by atoms with van der Waals surface area (Å²) in [6, 6.07) is 13.5. The smallest absolute Gasteiger partial charge is 0.270 e. The summed E-state index contributed by atoms with van der Waals surface area (Å²) >= 11 is 0. The maximum atomic E-state index is 12.6. The standard InChI is InChI=1S/C17H21N3O3S/c1-2-24(22,23)20-12-10-19(11-13-20)17(21)16-9-8-15(18-16)14-6-4-3-5-7-14/h3-9,18H,2,10-13H2,1H3. The van der Waals surface area contributed by atoms with Crippen molar-refractivity contribution in [2.24, 2.45) is 0 Å². The Kier molecular flexibility index (Phi) is 4.73. The molecule has 0 unspecified atom stereocenters. The summed E-state index contributed by atoms with van der Waals surface area (Å²) in [6.45, 7) is 3.18. The van der Waals surface area contributed by atoms with Gasteiger partial charge in [0.15, 0.2) is 0 Å². The van der Waals surface area contributed by atoms with Crippen LogP contribution in [0.1, 0.15) is 17.4 Å². The lowest BCUT2D eigenvalue weighted by Gasteiger charge is -2.33. The highest BCUT2D eigenvalue weighted by Gasteiger charge is 2.28. The molecule has 1 aliphatic heterocycles. The van der Waals surface area contributed by atoms with Crippen molar-refractivity contribution in [3.63, 3.8) is 0 Å². The predicted molar refractivity (Wildman–Crippen MR) is 93.2 cm³/mol. The van der Waals surface area contributed by atoms with E-state index in [4.69, 9.17) is 0 Å². The van der Waals surface area contributed by atoms with Crippen molar-refractivity contribution in [2.45, 2.75) is 6.92 Å². The Bertz CT molecular complexity index is 807. The molecule has 0 atom stereocenters. The van der Waals surface area contributed by atoms with Gasteiger partial charge in [0.25, 0.3) is 5.91 Å². The molecule has 6 nitrogen and oxygen atoms in total. The minimum atomic E-state index is -3.18. The Morgan fingerprint density at radius 3 is 2.33 bits per heavy atom. The van der Waals surface area contributed by atoms with Gasteiger partial charge in [-0.25, -0.2) is 8.42 Å². The van der Waals surface area contributed by atoms with Crippen LogP contribution in [0.5, 0.6) is 0 Å². The molecule has 2 heterocycles. The van der Waals surface area contributed by atoms with Gasteiger partial charge >= 0.3 is 0 Å². The van der Waals surface area contributed by atoms with Crippen molar-refractivity contribution in [1.82, 2.24) is 14.2 Å². The number of H-pyrrole nitrogens is 1.